The van der Waals surface area contributed by atoms with Gasteiger partial charge in [0.25, 0.3) is 0 Å². The van der Waals surface area contributed by atoms with Crippen molar-refractivity contribution in [3.63, 3.8) is 0 Å². The molecule has 0 aliphatic carbocycles. The number of guanidine groups is 1. The summed E-state index contributed by atoms with van der Waals surface area (Å²) in [5.74, 6) is 0.0680. The maximum atomic E-state index is 11.5. The molecule has 1 aliphatic heterocycles. The van der Waals surface area contributed by atoms with Gasteiger partial charge < -0.3 is 25.9 Å². The summed E-state index contributed by atoms with van der Waals surface area (Å²) >= 11 is 0. The minimum Gasteiger partial charge on any atom is -0.444 e. The molecule has 0 saturated carbocycles. The van der Waals surface area contributed by atoms with E-state index in [1.165, 1.54) is 0 Å². The molecule has 1 heterocycles. The van der Waals surface area contributed by atoms with Gasteiger partial charge in [0.15, 0.2) is 0 Å². The monoisotopic (exact) mass is 244 g/mol. The molecule has 1 unspecified atom stereocenters. The fourth-order valence-electron chi connectivity index (χ4n) is 1.62. The molecule has 0 spiro atoms. The highest BCUT2D eigenvalue weighted by Gasteiger charge is 2.27. The zero-order chi connectivity index (χ0) is 13.1. The summed E-state index contributed by atoms with van der Waals surface area (Å²) in [5, 5.41) is 14.2. The molecule has 1 atom stereocenters. The summed E-state index contributed by atoms with van der Waals surface area (Å²) in [6.45, 7) is 6.60. The Morgan fingerprint density at radius 3 is 2.76 bits per heavy atom. The maximum absolute atomic E-state index is 11.5. The largest absolute Gasteiger partial charge is 0.444 e. The third-order valence-corrected chi connectivity index (χ3v) is 2.34. The van der Waals surface area contributed by atoms with Crippen LogP contribution in [-0.2, 0) is 4.74 Å². The Morgan fingerprint density at radius 2 is 2.24 bits per heavy atom. The van der Waals surface area contributed by atoms with Gasteiger partial charge in [0.1, 0.15) is 5.60 Å². The van der Waals surface area contributed by atoms with E-state index in [4.69, 9.17) is 15.7 Å². The first-order chi connectivity index (χ1) is 7.81. The van der Waals surface area contributed by atoms with Crippen molar-refractivity contribution in [2.24, 2.45) is 10.9 Å². The minimum absolute atomic E-state index is 0.0369. The maximum Gasteiger partial charge on any atom is 0.407 e. The Labute approximate surface area is 101 Å². The number of alkyl carbamates (subject to hydrolysis) is 1. The van der Waals surface area contributed by atoms with Crippen LogP contribution in [0.25, 0.3) is 0 Å². The minimum atomic E-state index is -0.506. The topological polar surface area (TPSA) is 100 Å². The number of rotatable bonds is 1. The average molecular weight is 244 g/mol. The van der Waals surface area contributed by atoms with Crippen LogP contribution in [0.15, 0.2) is 5.16 Å². The molecule has 0 aromatic heterocycles. The highest BCUT2D eigenvalue weighted by atomic mass is 16.6. The Morgan fingerprint density at radius 1 is 1.59 bits per heavy atom. The van der Waals surface area contributed by atoms with Crippen LogP contribution in [-0.4, -0.2) is 46.9 Å². The first kappa shape index (κ1) is 13.4. The Bertz CT molecular complexity index is 311. The van der Waals surface area contributed by atoms with Crippen LogP contribution < -0.4 is 11.1 Å². The molecule has 1 rings (SSSR count). The molecule has 0 aromatic carbocycles. The fraction of sp³-hybridized carbons (Fsp3) is 0.800. The Kier molecular flexibility index (Phi) is 4.03. The zero-order valence-corrected chi connectivity index (χ0v) is 10.4. The number of nitrogens with zero attached hydrogens (tertiary/aromatic N) is 2. The first-order valence-corrected chi connectivity index (χ1v) is 5.54. The highest BCUT2D eigenvalue weighted by Crippen LogP contribution is 2.11. The molecule has 1 fully saturated rings. The van der Waals surface area contributed by atoms with E-state index in [1.54, 1.807) is 4.90 Å². The van der Waals surface area contributed by atoms with Crippen molar-refractivity contribution in [3.8, 4) is 0 Å². The number of amides is 1. The average Bonchev–Trinajstić information content (AvgIpc) is 2.62. The predicted molar refractivity (Wildman–Crippen MR) is 62.8 cm³/mol. The molecule has 1 saturated heterocycles. The number of nitrogens with one attached hydrogen (secondary N) is 1. The third-order valence-electron chi connectivity index (χ3n) is 2.34. The summed E-state index contributed by atoms with van der Waals surface area (Å²) in [5.41, 5.74) is 4.95. The number of ether oxygens (including phenoxy) is 1. The molecule has 1 aliphatic rings. The van der Waals surface area contributed by atoms with Crippen LogP contribution in [0.2, 0.25) is 0 Å². The number of hydrogen-bond acceptors (Lipinski definition) is 4. The number of carbonyl (C=O) groups is 1. The second-order valence-electron chi connectivity index (χ2n) is 5.04. The van der Waals surface area contributed by atoms with Gasteiger partial charge in [-0.2, -0.15) is 0 Å². The lowest BCUT2D eigenvalue weighted by Gasteiger charge is -2.22. The van der Waals surface area contributed by atoms with E-state index in [9.17, 15) is 4.79 Å². The number of likely N-dealkylation sites (tertiary alicyclic amines) is 1. The molecule has 4 N–H and O–H groups in total. The van der Waals surface area contributed by atoms with Crippen molar-refractivity contribution in [1.29, 1.82) is 0 Å². The molecule has 7 nitrogen and oxygen atoms in total. The highest BCUT2D eigenvalue weighted by molar-refractivity contribution is 5.78. The zero-order valence-electron chi connectivity index (χ0n) is 10.4. The molecule has 0 bridgehead atoms. The molecule has 98 valence electrons. The molecular formula is C10H20N4O3. The van der Waals surface area contributed by atoms with Crippen molar-refractivity contribution in [2.45, 2.75) is 38.8 Å². The normalized spacial score (nSPS) is 21.5. The SMILES string of the molecule is CC(C)(C)OC(=O)NC1CCN(/C(N)=N/O)C1. The summed E-state index contributed by atoms with van der Waals surface area (Å²) in [7, 11) is 0. The van der Waals surface area contributed by atoms with Crippen LogP contribution in [0.3, 0.4) is 0 Å². The molecule has 1 amide bonds. The lowest BCUT2D eigenvalue weighted by molar-refractivity contribution is 0.0507. The number of hydrogen-bond donors (Lipinski definition) is 3. The fourth-order valence-corrected chi connectivity index (χ4v) is 1.62. The van der Waals surface area contributed by atoms with Gasteiger partial charge in [-0.1, -0.05) is 5.16 Å². The summed E-state index contributed by atoms with van der Waals surface area (Å²) in [6.07, 6.45) is 0.305. The molecular weight excluding hydrogens is 224 g/mol. The number of carbonyl (C=O) groups excluding carboxylic acids is 1. The van der Waals surface area contributed by atoms with Gasteiger partial charge in [-0.05, 0) is 27.2 Å². The van der Waals surface area contributed by atoms with E-state index < -0.39 is 11.7 Å². The van der Waals surface area contributed by atoms with E-state index in [1.807, 2.05) is 20.8 Å². The summed E-state index contributed by atoms with van der Waals surface area (Å²) < 4.78 is 5.14. The number of oxime groups is 1. The Balaban J connectivity index is 2.38. The lowest BCUT2D eigenvalue weighted by Crippen LogP contribution is -2.42. The van der Waals surface area contributed by atoms with Gasteiger partial charge in [-0.3, -0.25) is 0 Å². The van der Waals surface area contributed by atoms with Gasteiger partial charge in [-0.25, -0.2) is 4.79 Å². The van der Waals surface area contributed by atoms with Crippen LogP contribution in [0.1, 0.15) is 27.2 Å². The van der Waals surface area contributed by atoms with Crippen LogP contribution in [0.4, 0.5) is 4.79 Å². The van der Waals surface area contributed by atoms with E-state index in [-0.39, 0.29) is 12.0 Å². The van der Waals surface area contributed by atoms with Gasteiger partial charge >= 0.3 is 6.09 Å². The van der Waals surface area contributed by atoms with Crippen molar-refractivity contribution in [2.75, 3.05) is 13.1 Å². The van der Waals surface area contributed by atoms with Gasteiger partial charge in [0.2, 0.25) is 5.96 Å². The Hall–Kier alpha value is -1.66. The standard InChI is InChI=1S/C10H20N4O3/c1-10(2,3)17-9(15)12-7-4-5-14(6-7)8(11)13-16/h7,16H,4-6H2,1-3H3,(H2,11,13)(H,12,15). The van der Waals surface area contributed by atoms with Crippen LogP contribution in [0, 0.1) is 0 Å². The van der Waals surface area contributed by atoms with Gasteiger partial charge in [0, 0.05) is 13.1 Å². The van der Waals surface area contributed by atoms with E-state index >= 15 is 0 Å². The van der Waals surface area contributed by atoms with Gasteiger partial charge in [-0.15, -0.1) is 0 Å². The summed E-state index contributed by atoms with van der Waals surface area (Å²) in [6, 6.07) is -0.0369. The third kappa shape index (κ3) is 4.38. The van der Waals surface area contributed by atoms with E-state index in [0.717, 1.165) is 6.42 Å². The second-order valence-corrected chi connectivity index (χ2v) is 5.04. The molecule has 0 aromatic rings. The van der Waals surface area contributed by atoms with Crippen LogP contribution in [0.5, 0.6) is 0 Å². The quantitative estimate of drug-likeness (QED) is 0.266. The number of nitrogens with two attached hydrogens (primary N) is 1. The summed E-state index contributed by atoms with van der Waals surface area (Å²) in [4.78, 5) is 13.2. The van der Waals surface area contributed by atoms with E-state index in [0.29, 0.717) is 13.1 Å². The lowest BCUT2D eigenvalue weighted by atomic mass is 10.2. The molecule has 0 radical (unpaired) electrons. The molecule has 17 heavy (non-hydrogen) atoms. The second kappa shape index (κ2) is 5.11. The van der Waals surface area contributed by atoms with Crippen molar-refractivity contribution in [3.05, 3.63) is 0 Å². The molecule has 7 heteroatoms. The van der Waals surface area contributed by atoms with Crippen molar-refractivity contribution < 1.29 is 14.7 Å². The van der Waals surface area contributed by atoms with Crippen molar-refractivity contribution in [1.82, 2.24) is 10.2 Å². The first-order valence-electron chi connectivity index (χ1n) is 5.54. The van der Waals surface area contributed by atoms with Gasteiger partial charge in [0.05, 0.1) is 6.04 Å². The van der Waals surface area contributed by atoms with Crippen LogP contribution >= 0.6 is 0 Å². The van der Waals surface area contributed by atoms with Crippen molar-refractivity contribution >= 4 is 12.1 Å². The predicted octanol–water partition coefficient (Wildman–Crippen LogP) is 0.289. The van der Waals surface area contributed by atoms with E-state index in [2.05, 4.69) is 10.5 Å². The smallest absolute Gasteiger partial charge is 0.407 e.